The normalized spacial score (nSPS) is 11.0. The summed E-state index contributed by atoms with van der Waals surface area (Å²) < 4.78 is 0. The number of hydrogen-bond acceptors (Lipinski definition) is 1. The minimum atomic E-state index is 1.09. The predicted octanol–water partition coefficient (Wildman–Crippen LogP) is 14.6. The van der Waals surface area contributed by atoms with Crippen LogP contribution in [0.5, 0.6) is 0 Å². The average Bonchev–Trinajstić information content (AvgIpc) is 3.25. The monoisotopic (exact) mass is 675 g/mol. The van der Waals surface area contributed by atoms with Crippen LogP contribution in [0.15, 0.2) is 224 Å². The summed E-state index contributed by atoms with van der Waals surface area (Å²) in [5, 5.41) is 2.41. The maximum atomic E-state index is 2.42. The number of nitrogens with zero attached hydrogens (tertiary/aromatic N) is 1. The van der Waals surface area contributed by atoms with Gasteiger partial charge < -0.3 is 4.90 Å². The van der Waals surface area contributed by atoms with E-state index < -0.39 is 0 Å². The molecule has 1 nitrogen and oxygen atoms in total. The van der Waals surface area contributed by atoms with Crippen molar-refractivity contribution < 1.29 is 0 Å². The molecule has 0 aliphatic rings. The molecule has 0 bridgehead atoms. The van der Waals surface area contributed by atoms with Gasteiger partial charge in [0.15, 0.2) is 0 Å². The topological polar surface area (TPSA) is 3.24 Å². The number of fused-ring (bicyclic) bond motifs is 1. The van der Waals surface area contributed by atoms with Crippen LogP contribution in [-0.2, 0) is 0 Å². The van der Waals surface area contributed by atoms with E-state index in [2.05, 4.69) is 229 Å². The fraction of sp³-hybridized carbons (Fsp3) is 0. The van der Waals surface area contributed by atoms with E-state index in [0.29, 0.717) is 0 Å². The second-order valence-corrected chi connectivity index (χ2v) is 13.3. The van der Waals surface area contributed by atoms with Crippen molar-refractivity contribution in [3.63, 3.8) is 0 Å². The van der Waals surface area contributed by atoms with Gasteiger partial charge in [0.1, 0.15) is 0 Å². The van der Waals surface area contributed by atoms with E-state index in [1.807, 2.05) is 0 Å². The molecule has 0 heterocycles. The van der Waals surface area contributed by atoms with Crippen molar-refractivity contribution in [3.8, 4) is 55.6 Å². The van der Waals surface area contributed by atoms with Crippen LogP contribution in [0.2, 0.25) is 0 Å². The standard InChI is InChI=1S/C52H37N/c1-5-16-38(17-6-1)40-28-32-46(33-29-40)53(47-34-30-41(31-35-47)45-25-15-24-44(36-45)39-18-7-2-8-19-39)51-37-50(42-20-9-3-10-21-42)52(43-22-11-4-12-23-43)49-27-14-13-26-48(49)51/h1-37H. The summed E-state index contributed by atoms with van der Waals surface area (Å²) in [7, 11) is 0. The van der Waals surface area contributed by atoms with Crippen molar-refractivity contribution in [2.75, 3.05) is 4.90 Å². The van der Waals surface area contributed by atoms with Crippen LogP contribution in [0.1, 0.15) is 0 Å². The summed E-state index contributed by atoms with van der Waals surface area (Å²) in [5.41, 5.74) is 15.4. The first kappa shape index (κ1) is 32.0. The van der Waals surface area contributed by atoms with Gasteiger partial charge in [0.25, 0.3) is 0 Å². The highest BCUT2D eigenvalue weighted by atomic mass is 15.1. The molecule has 0 saturated carbocycles. The Hall–Kier alpha value is -6.96. The van der Waals surface area contributed by atoms with E-state index >= 15 is 0 Å². The molecule has 0 aromatic heterocycles. The zero-order chi connectivity index (χ0) is 35.4. The van der Waals surface area contributed by atoms with Gasteiger partial charge in [0, 0.05) is 16.8 Å². The Bertz CT molecular complexity index is 2610. The predicted molar refractivity (Wildman–Crippen MR) is 226 cm³/mol. The zero-order valence-electron chi connectivity index (χ0n) is 29.3. The molecule has 0 N–H and O–H groups in total. The molecule has 0 unspecified atom stereocenters. The number of benzene rings is 9. The van der Waals surface area contributed by atoms with Crippen LogP contribution in [0.25, 0.3) is 66.4 Å². The Balaban J connectivity index is 1.23. The Morgan fingerprint density at radius 3 is 1.15 bits per heavy atom. The van der Waals surface area contributed by atoms with E-state index in [0.717, 1.165) is 17.1 Å². The Morgan fingerprint density at radius 1 is 0.245 bits per heavy atom. The minimum Gasteiger partial charge on any atom is -0.310 e. The van der Waals surface area contributed by atoms with Crippen molar-refractivity contribution in [2.24, 2.45) is 0 Å². The Kier molecular flexibility index (Phi) is 8.66. The molecule has 0 amide bonds. The first-order valence-corrected chi connectivity index (χ1v) is 18.2. The van der Waals surface area contributed by atoms with Crippen molar-refractivity contribution >= 4 is 27.8 Å². The summed E-state index contributed by atoms with van der Waals surface area (Å²) in [4.78, 5) is 2.42. The van der Waals surface area contributed by atoms with Crippen LogP contribution in [0, 0.1) is 0 Å². The fourth-order valence-corrected chi connectivity index (χ4v) is 7.48. The molecule has 0 aliphatic heterocycles. The number of hydrogen-bond donors (Lipinski definition) is 0. The van der Waals surface area contributed by atoms with Gasteiger partial charge >= 0.3 is 0 Å². The van der Waals surface area contributed by atoms with E-state index in [-0.39, 0.29) is 0 Å². The SMILES string of the molecule is c1ccc(-c2ccc(N(c3ccc(-c4cccc(-c5ccccc5)c4)cc3)c3cc(-c4ccccc4)c(-c4ccccc4)c4ccccc34)cc2)cc1. The third kappa shape index (κ3) is 6.42. The average molecular weight is 676 g/mol. The lowest BCUT2D eigenvalue weighted by atomic mass is 9.88. The molecule has 9 rings (SSSR count). The summed E-state index contributed by atoms with van der Waals surface area (Å²) in [6.07, 6.45) is 0. The molecular weight excluding hydrogens is 639 g/mol. The molecule has 0 saturated heterocycles. The maximum absolute atomic E-state index is 2.42. The second-order valence-electron chi connectivity index (χ2n) is 13.3. The molecule has 0 fully saturated rings. The number of rotatable bonds is 8. The first-order chi connectivity index (χ1) is 26.3. The number of anilines is 3. The molecule has 53 heavy (non-hydrogen) atoms. The third-order valence-electron chi connectivity index (χ3n) is 10.1. The smallest absolute Gasteiger partial charge is 0.0546 e. The molecule has 9 aromatic carbocycles. The Morgan fingerprint density at radius 2 is 0.623 bits per heavy atom. The van der Waals surface area contributed by atoms with Crippen LogP contribution in [0.4, 0.5) is 17.1 Å². The highest BCUT2D eigenvalue weighted by molar-refractivity contribution is 6.11. The van der Waals surface area contributed by atoms with Gasteiger partial charge in [0.05, 0.1) is 5.69 Å². The summed E-state index contributed by atoms with van der Waals surface area (Å²) in [6, 6.07) is 80.8. The largest absolute Gasteiger partial charge is 0.310 e. The summed E-state index contributed by atoms with van der Waals surface area (Å²) in [6.45, 7) is 0. The van der Waals surface area contributed by atoms with E-state index in [1.54, 1.807) is 0 Å². The van der Waals surface area contributed by atoms with Crippen LogP contribution < -0.4 is 4.90 Å². The van der Waals surface area contributed by atoms with Crippen LogP contribution in [-0.4, -0.2) is 0 Å². The molecule has 9 aromatic rings. The highest BCUT2D eigenvalue weighted by Crippen LogP contribution is 2.47. The van der Waals surface area contributed by atoms with Crippen molar-refractivity contribution in [2.45, 2.75) is 0 Å². The van der Waals surface area contributed by atoms with Crippen LogP contribution >= 0.6 is 0 Å². The van der Waals surface area contributed by atoms with Gasteiger partial charge in [0.2, 0.25) is 0 Å². The maximum Gasteiger partial charge on any atom is 0.0546 e. The van der Waals surface area contributed by atoms with Gasteiger partial charge in [-0.25, -0.2) is 0 Å². The van der Waals surface area contributed by atoms with E-state index in [9.17, 15) is 0 Å². The molecule has 0 aliphatic carbocycles. The molecule has 0 radical (unpaired) electrons. The fourth-order valence-electron chi connectivity index (χ4n) is 7.48. The van der Waals surface area contributed by atoms with Crippen LogP contribution in [0.3, 0.4) is 0 Å². The highest BCUT2D eigenvalue weighted by Gasteiger charge is 2.21. The van der Waals surface area contributed by atoms with Crippen molar-refractivity contribution in [1.82, 2.24) is 0 Å². The lowest BCUT2D eigenvalue weighted by molar-refractivity contribution is 1.30. The lowest BCUT2D eigenvalue weighted by Gasteiger charge is -2.29. The zero-order valence-corrected chi connectivity index (χ0v) is 29.3. The van der Waals surface area contributed by atoms with E-state index in [4.69, 9.17) is 0 Å². The lowest BCUT2D eigenvalue weighted by Crippen LogP contribution is -2.11. The van der Waals surface area contributed by atoms with Gasteiger partial charge in [-0.15, -0.1) is 0 Å². The van der Waals surface area contributed by atoms with E-state index in [1.165, 1.54) is 66.4 Å². The molecule has 250 valence electrons. The molecule has 1 heteroatoms. The molecule has 0 atom stereocenters. The molecular formula is C52H37N. The van der Waals surface area contributed by atoms with Crippen molar-refractivity contribution in [1.29, 1.82) is 0 Å². The Labute approximate surface area is 311 Å². The first-order valence-electron chi connectivity index (χ1n) is 18.2. The van der Waals surface area contributed by atoms with Gasteiger partial charge in [-0.1, -0.05) is 188 Å². The van der Waals surface area contributed by atoms with Gasteiger partial charge in [-0.2, -0.15) is 0 Å². The summed E-state index contributed by atoms with van der Waals surface area (Å²) >= 11 is 0. The van der Waals surface area contributed by atoms with Gasteiger partial charge in [-0.3, -0.25) is 0 Å². The second kappa shape index (κ2) is 14.3. The summed E-state index contributed by atoms with van der Waals surface area (Å²) in [5.74, 6) is 0. The minimum absolute atomic E-state index is 1.09. The molecule has 0 spiro atoms. The van der Waals surface area contributed by atoms with Crippen molar-refractivity contribution in [3.05, 3.63) is 224 Å². The van der Waals surface area contributed by atoms with Gasteiger partial charge in [-0.05, 0) is 97.4 Å². The third-order valence-corrected chi connectivity index (χ3v) is 10.1. The quantitative estimate of drug-likeness (QED) is 0.155.